The lowest BCUT2D eigenvalue weighted by atomic mass is 10.0. The fourth-order valence-electron chi connectivity index (χ4n) is 1.71. The van der Waals surface area contributed by atoms with Gasteiger partial charge in [0.05, 0.1) is 24.8 Å². The van der Waals surface area contributed by atoms with E-state index in [1.54, 1.807) is 6.07 Å². The smallest absolute Gasteiger partial charge is 0.173 e. The Labute approximate surface area is 106 Å². The monoisotopic (exact) mass is 257 g/mol. The van der Waals surface area contributed by atoms with Crippen LogP contribution in [0.4, 0.5) is 0 Å². The van der Waals surface area contributed by atoms with Gasteiger partial charge in [-0.15, -0.1) is 0 Å². The van der Waals surface area contributed by atoms with Gasteiger partial charge in [-0.1, -0.05) is 11.6 Å². The van der Waals surface area contributed by atoms with Crippen LogP contribution in [-0.4, -0.2) is 26.5 Å². The molecule has 0 amide bonds. The van der Waals surface area contributed by atoms with Gasteiger partial charge in [0.25, 0.3) is 0 Å². The van der Waals surface area contributed by atoms with Crippen molar-refractivity contribution in [2.45, 2.75) is 19.4 Å². The van der Waals surface area contributed by atoms with Crippen molar-refractivity contribution in [2.75, 3.05) is 14.2 Å². The second-order valence-electron chi connectivity index (χ2n) is 3.80. The number of methoxy groups -OCH3 is 2. The molecule has 0 saturated heterocycles. The minimum absolute atomic E-state index is 0.0354. The summed E-state index contributed by atoms with van der Waals surface area (Å²) in [5, 5.41) is 0.341. The molecule has 0 heterocycles. The lowest BCUT2D eigenvalue weighted by molar-refractivity contribution is 0.112. The van der Waals surface area contributed by atoms with Crippen LogP contribution in [0.5, 0.6) is 11.5 Å². The van der Waals surface area contributed by atoms with Crippen LogP contribution in [0.3, 0.4) is 0 Å². The molecule has 1 aromatic carbocycles. The molecule has 2 N–H and O–H groups in total. The normalized spacial score (nSPS) is 12.1. The first kappa shape index (κ1) is 13.8. The second-order valence-corrected chi connectivity index (χ2v) is 4.20. The largest absolute Gasteiger partial charge is 0.493 e. The Balaban J connectivity index is 3.41. The van der Waals surface area contributed by atoms with Crippen LogP contribution in [-0.2, 0) is 6.42 Å². The Bertz CT molecular complexity index is 419. The standard InChI is InChI=1S/C12H16ClNO3/c1-7(14)4-8-5-10(13)9(6-15)12(17-3)11(8)16-2/h5-7H,4,14H2,1-3H3. The highest BCUT2D eigenvalue weighted by Crippen LogP contribution is 2.38. The average Bonchev–Trinajstić information content (AvgIpc) is 2.27. The summed E-state index contributed by atoms with van der Waals surface area (Å²) in [4.78, 5) is 11.0. The predicted octanol–water partition coefficient (Wildman–Crippen LogP) is 2.06. The summed E-state index contributed by atoms with van der Waals surface area (Å²) in [5.41, 5.74) is 6.87. The zero-order valence-corrected chi connectivity index (χ0v) is 10.9. The predicted molar refractivity (Wildman–Crippen MR) is 67.3 cm³/mol. The number of benzene rings is 1. The van der Waals surface area contributed by atoms with Gasteiger partial charge >= 0.3 is 0 Å². The molecule has 0 aliphatic heterocycles. The molecule has 0 spiro atoms. The summed E-state index contributed by atoms with van der Waals surface area (Å²) in [6.07, 6.45) is 1.25. The summed E-state index contributed by atoms with van der Waals surface area (Å²) in [6, 6.07) is 1.66. The molecule has 94 valence electrons. The summed E-state index contributed by atoms with van der Waals surface area (Å²) < 4.78 is 10.4. The highest BCUT2D eigenvalue weighted by atomic mass is 35.5. The molecular weight excluding hydrogens is 242 g/mol. The van der Waals surface area contributed by atoms with Crippen molar-refractivity contribution in [1.82, 2.24) is 0 Å². The molecule has 1 unspecified atom stereocenters. The van der Waals surface area contributed by atoms with Gasteiger partial charge in [-0.2, -0.15) is 0 Å². The van der Waals surface area contributed by atoms with Crippen molar-refractivity contribution in [2.24, 2.45) is 5.73 Å². The molecule has 0 saturated carbocycles. The van der Waals surface area contributed by atoms with Gasteiger partial charge in [-0.3, -0.25) is 4.79 Å². The third-order valence-corrected chi connectivity index (χ3v) is 2.68. The Kier molecular flexibility index (Phi) is 4.78. The van der Waals surface area contributed by atoms with Crippen molar-refractivity contribution in [1.29, 1.82) is 0 Å². The fraction of sp³-hybridized carbons (Fsp3) is 0.417. The van der Waals surface area contributed by atoms with E-state index >= 15 is 0 Å². The number of carbonyl (C=O) groups is 1. The van der Waals surface area contributed by atoms with E-state index in [2.05, 4.69) is 0 Å². The minimum Gasteiger partial charge on any atom is -0.493 e. The van der Waals surface area contributed by atoms with Crippen molar-refractivity contribution in [3.05, 3.63) is 22.2 Å². The maximum atomic E-state index is 11.0. The van der Waals surface area contributed by atoms with E-state index in [4.69, 9.17) is 26.8 Å². The minimum atomic E-state index is -0.0354. The Morgan fingerprint density at radius 1 is 1.41 bits per heavy atom. The fourth-order valence-corrected chi connectivity index (χ4v) is 1.97. The van der Waals surface area contributed by atoms with Crippen LogP contribution in [0.2, 0.25) is 5.02 Å². The molecule has 1 aromatic rings. The molecule has 1 atom stereocenters. The molecule has 17 heavy (non-hydrogen) atoms. The summed E-state index contributed by atoms with van der Waals surface area (Å²) in [7, 11) is 2.99. The van der Waals surface area contributed by atoms with E-state index in [0.717, 1.165) is 5.56 Å². The number of ether oxygens (including phenoxy) is 2. The molecule has 1 rings (SSSR count). The lowest BCUT2D eigenvalue weighted by Gasteiger charge is -2.16. The van der Waals surface area contributed by atoms with Crippen molar-refractivity contribution in [3.8, 4) is 11.5 Å². The van der Waals surface area contributed by atoms with Gasteiger partial charge in [-0.05, 0) is 19.4 Å². The SMILES string of the molecule is COc1c(CC(C)N)cc(Cl)c(C=O)c1OC. The average molecular weight is 258 g/mol. The second kappa shape index (κ2) is 5.89. The highest BCUT2D eigenvalue weighted by molar-refractivity contribution is 6.33. The zero-order chi connectivity index (χ0) is 13.0. The molecule has 0 fully saturated rings. The van der Waals surface area contributed by atoms with E-state index in [1.807, 2.05) is 6.92 Å². The Morgan fingerprint density at radius 2 is 2.00 bits per heavy atom. The number of hydrogen-bond acceptors (Lipinski definition) is 4. The number of halogens is 1. The van der Waals surface area contributed by atoms with Crippen LogP contribution < -0.4 is 15.2 Å². The van der Waals surface area contributed by atoms with Gasteiger partial charge in [0.2, 0.25) is 0 Å². The van der Waals surface area contributed by atoms with Crippen molar-refractivity contribution < 1.29 is 14.3 Å². The molecule has 0 aliphatic rings. The first-order valence-electron chi connectivity index (χ1n) is 5.19. The molecule has 0 aromatic heterocycles. The molecule has 0 bridgehead atoms. The van der Waals surface area contributed by atoms with Gasteiger partial charge in [0, 0.05) is 11.6 Å². The number of carbonyl (C=O) groups excluding carboxylic acids is 1. The molecule has 0 radical (unpaired) electrons. The third-order valence-electron chi connectivity index (χ3n) is 2.37. The van der Waals surface area contributed by atoms with E-state index in [0.29, 0.717) is 34.8 Å². The zero-order valence-electron chi connectivity index (χ0n) is 10.1. The van der Waals surface area contributed by atoms with Crippen LogP contribution in [0.15, 0.2) is 6.07 Å². The van der Waals surface area contributed by atoms with Crippen LogP contribution in [0.25, 0.3) is 0 Å². The van der Waals surface area contributed by atoms with Crippen molar-refractivity contribution >= 4 is 17.9 Å². The summed E-state index contributed by atoms with van der Waals surface area (Å²) in [6.45, 7) is 1.88. The maximum Gasteiger partial charge on any atom is 0.173 e. The van der Waals surface area contributed by atoms with Crippen molar-refractivity contribution in [3.63, 3.8) is 0 Å². The van der Waals surface area contributed by atoms with Crippen LogP contribution in [0, 0.1) is 0 Å². The Hall–Kier alpha value is -1.26. The van der Waals surface area contributed by atoms with Gasteiger partial charge in [0.15, 0.2) is 17.8 Å². The van der Waals surface area contributed by atoms with E-state index < -0.39 is 0 Å². The first-order chi connectivity index (χ1) is 8.04. The number of nitrogens with two attached hydrogens (primary N) is 1. The van der Waals surface area contributed by atoms with E-state index in [1.165, 1.54) is 14.2 Å². The van der Waals surface area contributed by atoms with Crippen LogP contribution >= 0.6 is 11.6 Å². The number of aldehydes is 1. The first-order valence-corrected chi connectivity index (χ1v) is 5.57. The summed E-state index contributed by atoms with van der Waals surface area (Å²) in [5.74, 6) is 0.863. The molecule has 0 aliphatic carbocycles. The maximum absolute atomic E-state index is 11.0. The quantitative estimate of drug-likeness (QED) is 0.821. The van der Waals surface area contributed by atoms with Gasteiger partial charge in [-0.25, -0.2) is 0 Å². The molecular formula is C12H16ClNO3. The number of hydrogen-bond donors (Lipinski definition) is 1. The number of rotatable bonds is 5. The Morgan fingerprint density at radius 3 is 2.41 bits per heavy atom. The molecule has 5 heteroatoms. The van der Waals surface area contributed by atoms with Gasteiger partial charge < -0.3 is 15.2 Å². The third kappa shape index (κ3) is 2.90. The molecule has 4 nitrogen and oxygen atoms in total. The van der Waals surface area contributed by atoms with E-state index in [-0.39, 0.29) is 6.04 Å². The topological polar surface area (TPSA) is 61.5 Å². The summed E-state index contributed by atoms with van der Waals surface area (Å²) >= 11 is 6.02. The lowest BCUT2D eigenvalue weighted by Crippen LogP contribution is -2.18. The highest BCUT2D eigenvalue weighted by Gasteiger charge is 2.19. The van der Waals surface area contributed by atoms with Gasteiger partial charge in [0.1, 0.15) is 0 Å². The van der Waals surface area contributed by atoms with E-state index in [9.17, 15) is 4.79 Å². The van der Waals surface area contributed by atoms with Crippen LogP contribution in [0.1, 0.15) is 22.8 Å².